The summed E-state index contributed by atoms with van der Waals surface area (Å²) in [5, 5.41) is 4.90. The number of rotatable bonds is 1. The van der Waals surface area contributed by atoms with Crippen molar-refractivity contribution in [2.75, 3.05) is 13.1 Å². The predicted molar refractivity (Wildman–Crippen MR) is 45.9 cm³/mol. The van der Waals surface area contributed by atoms with Gasteiger partial charge < -0.3 is 0 Å². The van der Waals surface area contributed by atoms with Gasteiger partial charge in [-0.15, -0.1) is 0 Å². The van der Waals surface area contributed by atoms with E-state index in [-0.39, 0.29) is 32.4 Å². The summed E-state index contributed by atoms with van der Waals surface area (Å²) in [5.74, 6) is -2.59. The first kappa shape index (κ1) is 10.3. The highest BCUT2D eigenvalue weighted by Gasteiger charge is 2.70. The number of hydrogen-bond donors (Lipinski definition) is 1. The second-order valence-electron chi connectivity index (χ2n) is 4.11. The SMILES string of the molecule is NS(=O)(=O)N1CCC2(CC1)CC2(F)F. The Balaban J connectivity index is 2.01. The number of alkyl halides is 2. The average molecular weight is 226 g/mol. The van der Waals surface area contributed by atoms with Crippen molar-refractivity contribution in [3.63, 3.8) is 0 Å². The number of nitrogens with two attached hydrogens (primary N) is 1. The van der Waals surface area contributed by atoms with E-state index in [1.165, 1.54) is 0 Å². The first-order valence-electron chi connectivity index (χ1n) is 4.43. The molecular weight excluding hydrogens is 214 g/mol. The molecule has 0 aromatic heterocycles. The molecule has 1 heterocycles. The summed E-state index contributed by atoms with van der Waals surface area (Å²) in [6, 6.07) is 0. The van der Waals surface area contributed by atoms with Gasteiger partial charge in [0, 0.05) is 24.9 Å². The van der Waals surface area contributed by atoms with Crippen LogP contribution >= 0.6 is 0 Å². The number of nitrogens with zero attached hydrogens (tertiary/aromatic N) is 1. The van der Waals surface area contributed by atoms with E-state index in [1.807, 2.05) is 0 Å². The average Bonchev–Trinajstić information content (AvgIpc) is 2.51. The van der Waals surface area contributed by atoms with Crippen LogP contribution in [0.25, 0.3) is 0 Å². The summed E-state index contributed by atoms with van der Waals surface area (Å²) >= 11 is 0. The van der Waals surface area contributed by atoms with Crippen LogP contribution in [-0.2, 0) is 10.2 Å². The Hall–Kier alpha value is -0.270. The van der Waals surface area contributed by atoms with Gasteiger partial charge in [-0.3, -0.25) is 0 Å². The van der Waals surface area contributed by atoms with Gasteiger partial charge >= 0.3 is 0 Å². The summed E-state index contributed by atoms with van der Waals surface area (Å²) in [5.41, 5.74) is -0.922. The molecular formula is C7H12F2N2O2S. The number of hydrogen-bond acceptors (Lipinski definition) is 2. The highest BCUT2D eigenvalue weighted by atomic mass is 32.2. The number of piperidine rings is 1. The van der Waals surface area contributed by atoms with E-state index >= 15 is 0 Å². The van der Waals surface area contributed by atoms with Gasteiger partial charge in [-0.25, -0.2) is 13.9 Å². The Kier molecular flexibility index (Phi) is 1.94. The summed E-state index contributed by atoms with van der Waals surface area (Å²) < 4.78 is 48.6. The van der Waals surface area contributed by atoms with Gasteiger partial charge in [0.05, 0.1) is 0 Å². The quantitative estimate of drug-likeness (QED) is 0.699. The van der Waals surface area contributed by atoms with E-state index < -0.39 is 21.5 Å². The molecule has 1 spiro atoms. The van der Waals surface area contributed by atoms with Gasteiger partial charge in [0.25, 0.3) is 16.1 Å². The fourth-order valence-electron chi connectivity index (χ4n) is 2.09. The fraction of sp³-hybridized carbons (Fsp3) is 1.00. The van der Waals surface area contributed by atoms with Gasteiger partial charge in [-0.05, 0) is 12.8 Å². The molecule has 0 bridgehead atoms. The Bertz CT molecular complexity index is 347. The molecule has 2 fully saturated rings. The maximum Gasteiger partial charge on any atom is 0.276 e. The van der Waals surface area contributed by atoms with Crippen LogP contribution in [0, 0.1) is 5.41 Å². The predicted octanol–water partition coefficient (Wildman–Crippen LogP) is 0.311. The monoisotopic (exact) mass is 226 g/mol. The van der Waals surface area contributed by atoms with Crippen molar-refractivity contribution in [2.24, 2.45) is 10.6 Å². The van der Waals surface area contributed by atoms with Gasteiger partial charge in [-0.1, -0.05) is 0 Å². The topological polar surface area (TPSA) is 63.4 Å². The molecule has 0 aromatic rings. The lowest BCUT2D eigenvalue weighted by atomic mass is 9.94. The molecule has 7 heteroatoms. The van der Waals surface area contributed by atoms with Crippen molar-refractivity contribution < 1.29 is 17.2 Å². The van der Waals surface area contributed by atoms with E-state index in [1.54, 1.807) is 0 Å². The molecule has 1 saturated carbocycles. The summed E-state index contributed by atoms with van der Waals surface area (Å²) in [7, 11) is -3.70. The molecule has 14 heavy (non-hydrogen) atoms. The lowest BCUT2D eigenvalue weighted by Gasteiger charge is -2.29. The van der Waals surface area contributed by atoms with Crippen molar-refractivity contribution in [3.05, 3.63) is 0 Å². The Labute approximate surface area is 81.2 Å². The van der Waals surface area contributed by atoms with Crippen LogP contribution in [0.4, 0.5) is 8.78 Å². The van der Waals surface area contributed by atoms with Crippen LogP contribution in [-0.4, -0.2) is 31.7 Å². The lowest BCUT2D eigenvalue weighted by molar-refractivity contribution is 0.0426. The molecule has 2 rings (SSSR count). The zero-order valence-electron chi connectivity index (χ0n) is 7.54. The van der Waals surface area contributed by atoms with Crippen LogP contribution in [0.5, 0.6) is 0 Å². The van der Waals surface area contributed by atoms with Gasteiger partial charge in [-0.2, -0.15) is 12.7 Å². The van der Waals surface area contributed by atoms with Crippen molar-refractivity contribution >= 4 is 10.2 Å². The molecule has 0 atom stereocenters. The first-order chi connectivity index (χ1) is 6.27. The minimum absolute atomic E-state index is 0.0988. The fourth-order valence-corrected chi connectivity index (χ4v) is 2.78. The minimum Gasteiger partial charge on any atom is -0.216 e. The lowest BCUT2D eigenvalue weighted by Crippen LogP contribution is -2.43. The molecule has 1 aliphatic heterocycles. The van der Waals surface area contributed by atoms with Crippen LogP contribution < -0.4 is 5.14 Å². The molecule has 0 aromatic carbocycles. The zero-order valence-corrected chi connectivity index (χ0v) is 8.36. The largest absolute Gasteiger partial charge is 0.276 e. The van der Waals surface area contributed by atoms with Crippen LogP contribution in [0.15, 0.2) is 0 Å². The second kappa shape index (κ2) is 2.65. The summed E-state index contributed by atoms with van der Waals surface area (Å²) in [4.78, 5) is 0. The maximum absolute atomic E-state index is 12.9. The van der Waals surface area contributed by atoms with Crippen molar-refractivity contribution in [3.8, 4) is 0 Å². The van der Waals surface area contributed by atoms with Crippen molar-refractivity contribution in [2.45, 2.75) is 25.2 Å². The molecule has 1 saturated heterocycles. The Morgan fingerprint density at radius 2 is 1.64 bits per heavy atom. The molecule has 82 valence electrons. The highest BCUT2D eigenvalue weighted by Crippen LogP contribution is 2.65. The van der Waals surface area contributed by atoms with Crippen LogP contribution in [0.2, 0.25) is 0 Å². The maximum atomic E-state index is 12.9. The van der Waals surface area contributed by atoms with E-state index in [9.17, 15) is 17.2 Å². The molecule has 2 aliphatic rings. The Morgan fingerprint density at radius 3 is 1.93 bits per heavy atom. The first-order valence-corrected chi connectivity index (χ1v) is 5.93. The summed E-state index contributed by atoms with van der Waals surface area (Å²) in [6.45, 7) is 0.239. The minimum atomic E-state index is -3.70. The molecule has 4 nitrogen and oxygen atoms in total. The summed E-state index contributed by atoms with van der Waals surface area (Å²) in [6.07, 6.45) is 0.339. The molecule has 0 amide bonds. The number of halogens is 2. The van der Waals surface area contributed by atoms with Crippen molar-refractivity contribution in [1.82, 2.24) is 4.31 Å². The van der Waals surface area contributed by atoms with Crippen LogP contribution in [0.1, 0.15) is 19.3 Å². The van der Waals surface area contributed by atoms with Gasteiger partial charge in [0.1, 0.15) is 0 Å². The molecule has 0 unspecified atom stereocenters. The molecule has 2 N–H and O–H groups in total. The van der Waals surface area contributed by atoms with E-state index in [0.29, 0.717) is 0 Å². The van der Waals surface area contributed by atoms with Gasteiger partial charge in [0.2, 0.25) is 0 Å². The van der Waals surface area contributed by atoms with Crippen LogP contribution in [0.3, 0.4) is 0 Å². The second-order valence-corrected chi connectivity index (χ2v) is 5.65. The standard InChI is InChI=1S/C7H12F2N2O2S/c8-7(9)5-6(7)1-3-11(4-2-6)14(10,12)13/h1-5H2,(H2,10,12,13). The zero-order chi connectivity index (χ0) is 10.6. The molecule has 0 radical (unpaired) electrons. The third-order valence-corrected chi connectivity index (χ3v) is 4.34. The third-order valence-electron chi connectivity index (χ3n) is 3.25. The molecule has 1 aliphatic carbocycles. The highest BCUT2D eigenvalue weighted by molar-refractivity contribution is 7.86. The van der Waals surface area contributed by atoms with E-state index in [2.05, 4.69) is 0 Å². The van der Waals surface area contributed by atoms with E-state index in [4.69, 9.17) is 5.14 Å². The normalized spacial score (nSPS) is 30.5. The van der Waals surface area contributed by atoms with Crippen molar-refractivity contribution in [1.29, 1.82) is 0 Å². The third kappa shape index (κ3) is 1.43. The smallest absolute Gasteiger partial charge is 0.216 e. The van der Waals surface area contributed by atoms with E-state index in [0.717, 1.165) is 4.31 Å². The Morgan fingerprint density at radius 1 is 1.21 bits per heavy atom. The van der Waals surface area contributed by atoms with Gasteiger partial charge in [0.15, 0.2) is 0 Å².